The molecule has 1 heterocycles. The highest BCUT2D eigenvalue weighted by Gasteiger charge is 2.16. The van der Waals surface area contributed by atoms with Gasteiger partial charge in [0.25, 0.3) is 0 Å². The molecule has 1 saturated heterocycles. The van der Waals surface area contributed by atoms with E-state index >= 15 is 0 Å². The van der Waals surface area contributed by atoms with Gasteiger partial charge >= 0.3 is 0 Å². The quantitative estimate of drug-likeness (QED) is 0.818. The first kappa shape index (κ1) is 14.4. The molecule has 0 amide bonds. The van der Waals surface area contributed by atoms with Gasteiger partial charge in [0.15, 0.2) is 0 Å². The van der Waals surface area contributed by atoms with E-state index in [4.69, 9.17) is 9.47 Å². The Kier molecular flexibility index (Phi) is 5.67. The van der Waals surface area contributed by atoms with Gasteiger partial charge in [-0.15, -0.1) is 0 Å². The van der Waals surface area contributed by atoms with Crippen LogP contribution in [0.2, 0.25) is 0 Å². The van der Waals surface area contributed by atoms with Crippen LogP contribution in [0.3, 0.4) is 0 Å². The molecule has 0 saturated carbocycles. The second-order valence-corrected chi connectivity index (χ2v) is 5.18. The Morgan fingerprint density at radius 1 is 1.37 bits per heavy atom. The Balaban J connectivity index is 1.79. The van der Waals surface area contributed by atoms with Crippen molar-refractivity contribution in [2.24, 2.45) is 0 Å². The van der Waals surface area contributed by atoms with Gasteiger partial charge in [0.05, 0.1) is 12.7 Å². The molecule has 1 fully saturated rings. The van der Waals surface area contributed by atoms with Crippen molar-refractivity contribution in [3.8, 4) is 5.75 Å². The van der Waals surface area contributed by atoms with Crippen LogP contribution in [-0.2, 0) is 4.74 Å². The Bertz CT molecular complexity index is 358. The third-order valence-electron chi connectivity index (χ3n) is 3.53. The second-order valence-electron chi connectivity index (χ2n) is 5.18. The number of ether oxygens (including phenoxy) is 2. The summed E-state index contributed by atoms with van der Waals surface area (Å²) in [7, 11) is 0. The highest BCUT2D eigenvalue weighted by Crippen LogP contribution is 2.18. The molecule has 3 heteroatoms. The Labute approximate surface area is 116 Å². The fraction of sp³-hybridized carbons (Fsp3) is 0.625. The fourth-order valence-electron chi connectivity index (χ4n) is 2.30. The van der Waals surface area contributed by atoms with Crippen molar-refractivity contribution in [1.29, 1.82) is 0 Å². The molecular formula is C16H25NO2. The number of hydrogen-bond acceptors (Lipinski definition) is 3. The molecule has 2 atom stereocenters. The lowest BCUT2D eigenvalue weighted by Crippen LogP contribution is -2.28. The van der Waals surface area contributed by atoms with E-state index in [2.05, 4.69) is 43.4 Å². The molecule has 0 unspecified atom stereocenters. The van der Waals surface area contributed by atoms with Crippen molar-refractivity contribution in [3.05, 3.63) is 29.8 Å². The van der Waals surface area contributed by atoms with Gasteiger partial charge in [0.1, 0.15) is 5.75 Å². The summed E-state index contributed by atoms with van der Waals surface area (Å²) in [6.45, 7) is 6.95. The molecule has 0 bridgehead atoms. The first-order valence-corrected chi connectivity index (χ1v) is 7.37. The van der Waals surface area contributed by atoms with Crippen LogP contribution >= 0.6 is 0 Å². The van der Waals surface area contributed by atoms with Gasteiger partial charge in [0, 0.05) is 19.2 Å². The van der Waals surface area contributed by atoms with Crippen LogP contribution in [0.5, 0.6) is 5.75 Å². The van der Waals surface area contributed by atoms with E-state index in [0.29, 0.717) is 12.1 Å². The largest absolute Gasteiger partial charge is 0.494 e. The molecule has 0 radical (unpaired) electrons. The Hall–Kier alpha value is -1.06. The van der Waals surface area contributed by atoms with E-state index in [1.165, 1.54) is 18.4 Å². The van der Waals surface area contributed by atoms with Crippen molar-refractivity contribution < 1.29 is 9.47 Å². The van der Waals surface area contributed by atoms with Crippen LogP contribution < -0.4 is 10.1 Å². The van der Waals surface area contributed by atoms with E-state index in [9.17, 15) is 0 Å². The molecule has 1 aromatic rings. The van der Waals surface area contributed by atoms with Crippen molar-refractivity contribution in [2.75, 3.05) is 19.8 Å². The SMILES string of the molecule is CCCOc1ccc([C@H](C)NC[C@H]2CCCO2)cc1. The van der Waals surface area contributed by atoms with Gasteiger partial charge in [-0.05, 0) is 43.9 Å². The van der Waals surface area contributed by atoms with Gasteiger partial charge in [-0.2, -0.15) is 0 Å². The summed E-state index contributed by atoms with van der Waals surface area (Å²) in [4.78, 5) is 0. The number of benzene rings is 1. The molecule has 19 heavy (non-hydrogen) atoms. The summed E-state index contributed by atoms with van der Waals surface area (Å²) < 4.78 is 11.2. The lowest BCUT2D eigenvalue weighted by molar-refractivity contribution is 0.108. The van der Waals surface area contributed by atoms with E-state index in [-0.39, 0.29) is 0 Å². The van der Waals surface area contributed by atoms with E-state index < -0.39 is 0 Å². The lowest BCUT2D eigenvalue weighted by Gasteiger charge is -2.17. The normalized spacial score (nSPS) is 20.4. The number of nitrogens with one attached hydrogen (secondary N) is 1. The van der Waals surface area contributed by atoms with Gasteiger partial charge in [0.2, 0.25) is 0 Å². The monoisotopic (exact) mass is 263 g/mol. The molecule has 1 N–H and O–H groups in total. The molecule has 106 valence electrons. The topological polar surface area (TPSA) is 30.5 Å². The van der Waals surface area contributed by atoms with E-state index in [1.807, 2.05) is 0 Å². The third kappa shape index (κ3) is 4.51. The summed E-state index contributed by atoms with van der Waals surface area (Å²) >= 11 is 0. The molecule has 0 aromatic heterocycles. The van der Waals surface area contributed by atoms with Crippen molar-refractivity contribution in [2.45, 2.75) is 45.3 Å². The van der Waals surface area contributed by atoms with Crippen LogP contribution in [-0.4, -0.2) is 25.9 Å². The zero-order valence-corrected chi connectivity index (χ0v) is 12.0. The molecule has 1 aliphatic rings. The number of rotatable bonds is 7. The van der Waals surface area contributed by atoms with Crippen molar-refractivity contribution in [3.63, 3.8) is 0 Å². The van der Waals surface area contributed by atoms with E-state index in [0.717, 1.165) is 31.9 Å². The van der Waals surface area contributed by atoms with Crippen molar-refractivity contribution >= 4 is 0 Å². The summed E-state index contributed by atoms with van der Waals surface area (Å²) in [5, 5.41) is 3.54. The zero-order valence-electron chi connectivity index (χ0n) is 12.0. The lowest BCUT2D eigenvalue weighted by atomic mass is 10.1. The summed E-state index contributed by atoms with van der Waals surface area (Å²) in [6.07, 6.45) is 3.82. The Morgan fingerprint density at radius 2 is 2.16 bits per heavy atom. The van der Waals surface area contributed by atoms with Crippen LogP contribution in [0.15, 0.2) is 24.3 Å². The molecule has 2 rings (SSSR count). The molecule has 1 aliphatic heterocycles. The van der Waals surface area contributed by atoms with E-state index in [1.54, 1.807) is 0 Å². The van der Waals surface area contributed by atoms with Crippen LogP contribution in [0.1, 0.15) is 44.7 Å². The van der Waals surface area contributed by atoms with Gasteiger partial charge < -0.3 is 14.8 Å². The minimum atomic E-state index is 0.351. The Morgan fingerprint density at radius 3 is 2.79 bits per heavy atom. The molecule has 3 nitrogen and oxygen atoms in total. The predicted molar refractivity (Wildman–Crippen MR) is 77.6 cm³/mol. The smallest absolute Gasteiger partial charge is 0.119 e. The van der Waals surface area contributed by atoms with Gasteiger partial charge in [-0.3, -0.25) is 0 Å². The van der Waals surface area contributed by atoms with Gasteiger partial charge in [-0.1, -0.05) is 19.1 Å². The van der Waals surface area contributed by atoms with Crippen LogP contribution in [0.4, 0.5) is 0 Å². The highest BCUT2D eigenvalue weighted by atomic mass is 16.5. The van der Waals surface area contributed by atoms with Crippen molar-refractivity contribution in [1.82, 2.24) is 5.32 Å². The molecule has 1 aromatic carbocycles. The summed E-state index contributed by atoms with van der Waals surface area (Å²) in [5.74, 6) is 0.955. The van der Waals surface area contributed by atoms with Crippen LogP contribution in [0.25, 0.3) is 0 Å². The summed E-state index contributed by atoms with van der Waals surface area (Å²) in [5.41, 5.74) is 1.29. The minimum absolute atomic E-state index is 0.351. The first-order valence-electron chi connectivity index (χ1n) is 7.37. The maximum Gasteiger partial charge on any atom is 0.119 e. The zero-order chi connectivity index (χ0) is 13.5. The van der Waals surface area contributed by atoms with Crippen LogP contribution in [0, 0.1) is 0 Å². The fourth-order valence-corrected chi connectivity index (χ4v) is 2.30. The molecule has 0 spiro atoms. The average molecular weight is 263 g/mol. The first-order chi connectivity index (χ1) is 9.29. The summed E-state index contributed by atoms with van der Waals surface area (Å²) in [6, 6.07) is 8.73. The molecular weight excluding hydrogens is 238 g/mol. The number of hydrogen-bond donors (Lipinski definition) is 1. The highest BCUT2D eigenvalue weighted by molar-refractivity contribution is 5.28. The maximum absolute atomic E-state index is 5.62. The minimum Gasteiger partial charge on any atom is -0.494 e. The maximum atomic E-state index is 5.62. The van der Waals surface area contributed by atoms with Gasteiger partial charge in [-0.25, -0.2) is 0 Å². The predicted octanol–water partition coefficient (Wildman–Crippen LogP) is 3.31. The third-order valence-corrected chi connectivity index (χ3v) is 3.53. The second kappa shape index (κ2) is 7.51. The standard InChI is InChI=1S/C16H25NO2/c1-3-10-18-15-8-6-14(7-9-15)13(2)17-12-16-5-4-11-19-16/h6-9,13,16-17H,3-5,10-12H2,1-2H3/t13-,16+/m0/s1. The molecule has 0 aliphatic carbocycles. The average Bonchev–Trinajstić information content (AvgIpc) is 2.96.